The van der Waals surface area contributed by atoms with E-state index in [2.05, 4.69) is 0 Å². The molecule has 5 nitrogen and oxygen atoms in total. The van der Waals surface area contributed by atoms with E-state index < -0.39 is 10.7 Å². The fraction of sp³-hybridized carbons (Fsp3) is 0.0500. The molecule has 0 spiro atoms. The molecule has 1 aliphatic rings. The highest BCUT2D eigenvalue weighted by atomic mass is 32.2. The first kappa shape index (κ1) is 17.2. The van der Waals surface area contributed by atoms with Crippen molar-refractivity contribution in [3.05, 3.63) is 87.4 Å². The quantitative estimate of drug-likeness (QED) is 0.347. The Morgan fingerprint density at radius 2 is 1.85 bits per heavy atom. The molecular weight excluding hydrogens is 369 g/mol. The van der Waals surface area contributed by atoms with Crippen LogP contribution >= 0.6 is 11.8 Å². The van der Waals surface area contributed by atoms with Crippen LogP contribution in [0.4, 0.5) is 10.1 Å². The van der Waals surface area contributed by atoms with Gasteiger partial charge >= 0.3 is 0 Å². The number of Topliss-reactive ketones (excluding diaryl/α,β-unsaturated/α-hetero) is 1. The summed E-state index contributed by atoms with van der Waals surface area (Å²) in [7, 11) is 0. The molecule has 27 heavy (non-hydrogen) atoms. The molecule has 1 aromatic heterocycles. The van der Waals surface area contributed by atoms with Crippen molar-refractivity contribution in [2.24, 2.45) is 0 Å². The number of ketones is 1. The maximum atomic E-state index is 13.8. The average Bonchev–Trinajstić information content (AvgIpc) is 3.13. The zero-order valence-electron chi connectivity index (χ0n) is 13.8. The van der Waals surface area contributed by atoms with E-state index in [-0.39, 0.29) is 11.5 Å². The third kappa shape index (κ3) is 3.17. The molecule has 134 valence electrons. The lowest BCUT2D eigenvalue weighted by molar-refractivity contribution is -0.384. The second-order valence-electron chi connectivity index (χ2n) is 5.88. The number of benzene rings is 2. The number of rotatable bonds is 3. The number of thioether (sulfide) groups is 1. The molecule has 0 radical (unpaired) electrons. The van der Waals surface area contributed by atoms with Crippen molar-refractivity contribution in [3.8, 4) is 11.3 Å². The molecule has 2 aromatic carbocycles. The summed E-state index contributed by atoms with van der Waals surface area (Å²) in [5.41, 5.74) is 1.13. The van der Waals surface area contributed by atoms with Gasteiger partial charge in [0.05, 0.1) is 15.4 Å². The number of nitro benzene ring substituents is 1. The van der Waals surface area contributed by atoms with E-state index in [0.717, 1.165) is 0 Å². The summed E-state index contributed by atoms with van der Waals surface area (Å²) in [5, 5.41) is 11.2. The third-order valence-electron chi connectivity index (χ3n) is 4.18. The topological polar surface area (TPSA) is 73.3 Å². The Morgan fingerprint density at radius 3 is 2.67 bits per heavy atom. The molecule has 7 heteroatoms. The normalized spacial score (nSPS) is 15.0. The predicted molar refractivity (Wildman–Crippen MR) is 100 cm³/mol. The highest BCUT2D eigenvalue weighted by Crippen LogP contribution is 2.36. The number of para-hydroxylation sites is 1. The largest absolute Gasteiger partial charge is 0.456 e. The van der Waals surface area contributed by atoms with Crippen molar-refractivity contribution >= 4 is 29.3 Å². The smallest absolute Gasteiger partial charge is 0.280 e. The van der Waals surface area contributed by atoms with Crippen LogP contribution < -0.4 is 0 Å². The van der Waals surface area contributed by atoms with Crippen LogP contribution in [-0.4, -0.2) is 16.5 Å². The zero-order chi connectivity index (χ0) is 19.0. The van der Waals surface area contributed by atoms with Gasteiger partial charge in [-0.25, -0.2) is 4.39 Å². The molecule has 0 amide bonds. The lowest BCUT2D eigenvalue weighted by atomic mass is 10.0. The van der Waals surface area contributed by atoms with Crippen molar-refractivity contribution in [3.63, 3.8) is 0 Å². The van der Waals surface area contributed by atoms with Gasteiger partial charge in [0.1, 0.15) is 17.3 Å². The van der Waals surface area contributed by atoms with Gasteiger partial charge in [0.15, 0.2) is 5.78 Å². The van der Waals surface area contributed by atoms with Gasteiger partial charge in [0.2, 0.25) is 0 Å². The molecule has 0 atom stereocenters. The molecule has 4 rings (SSSR count). The Labute approximate surface area is 157 Å². The molecule has 3 aromatic rings. The van der Waals surface area contributed by atoms with E-state index in [4.69, 9.17) is 4.42 Å². The van der Waals surface area contributed by atoms with Gasteiger partial charge in [-0.15, -0.1) is 11.8 Å². The standard InChI is InChI=1S/C20H12FNO4S/c21-16-6-3-5-15-19(23)12(11-27-20(15)16)10-13-8-9-18(26-13)14-4-1-2-7-17(14)22(24)25/h1-10H,11H2/b12-10+. The van der Waals surface area contributed by atoms with Gasteiger partial charge in [-0.1, -0.05) is 18.2 Å². The third-order valence-corrected chi connectivity index (χ3v) is 5.34. The number of nitrogens with zero attached hydrogens (tertiary/aromatic N) is 1. The predicted octanol–water partition coefficient (Wildman–Crippen LogP) is 5.37. The summed E-state index contributed by atoms with van der Waals surface area (Å²) in [6, 6.07) is 14.0. The van der Waals surface area contributed by atoms with Gasteiger partial charge in [0.25, 0.3) is 5.69 Å². The molecule has 2 heterocycles. The molecule has 1 aliphatic heterocycles. The summed E-state index contributed by atoms with van der Waals surface area (Å²) in [6.45, 7) is 0. The first-order chi connectivity index (χ1) is 13.0. The Bertz CT molecular complexity index is 1100. The lowest BCUT2D eigenvalue weighted by Crippen LogP contribution is -2.13. The number of fused-ring (bicyclic) bond motifs is 1. The van der Waals surface area contributed by atoms with Gasteiger partial charge in [-0.3, -0.25) is 14.9 Å². The number of hydrogen-bond acceptors (Lipinski definition) is 5. The number of nitro groups is 1. The molecule has 0 bridgehead atoms. The summed E-state index contributed by atoms with van der Waals surface area (Å²) >= 11 is 1.26. The zero-order valence-corrected chi connectivity index (χ0v) is 14.7. The Kier molecular flexibility index (Phi) is 4.37. The lowest BCUT2D eigenvalue weighted by Gasteiger charge is -2.16. The maximum absolute atomic E-state index is 13.8. The number of furan rings is 1. The average molecular weight is 381 g/mol. The Morgan fingerprint density at radius 1 is 1.07 bits per heavy atom. The minimum Gasteiger partial charge on any atom is -0.456 e. The van der Waals surface area contributed by atoms with Gasteiger partial charge in [0, 0.05) is 23.0 Å². The molecule has 0 unspecified atom stereocenters. The van der Waals surface area contributed by atoms with Crippen molar-refractivity contribution < 1.29 is 18.5 Å². The van der Waals surface area contributed by atoms with Crippen molar-refractivity contribution in [2.45, 2.75) is 4.90 Å². The first-order valence-corrected chi connectivity index (χ1v) is 9.03. The molecule has 0 fully saturated rings. The van der Waals surface area contributed by atoms with Crippen molar-refractivity contribution in [1.29, 1.82) is 0 Å². The van der Waals surface area contributed by atoms with Crippen LogP contribution in [0, 0.1) is 15.9 Å². The highest BCUT2D eigenvalue weighted by molar-refractivity contribution is 7.99. The summed E-state index contributed by atoms with van der Waals surface area (Å²) in [4.78, 5) is 23.7. The summed E-state index contributed by atoms with van der Waals surface area (Å²) < 4.78 is 19.5. The van der Waals surface area contributed by atoms with Crippen LogP contribution in [0.25, 0.3) is 17.4 Å². The number of carbonyl (C=O) groups is 1. The molecule has 0 aliphatic carbocycles. The van der Waals surface area contributed by atoms with Crippen molar-refractivity contribution in [1.82, 2.24) is 0 Å². The van der Waals surface area contributed by atoms with E-state index in [9.17, 15) is 19.3 Å². The minimum absolute atomic E-state index is 0.0558. The van der Waals surface area contributed by atoms with Gasteiger partial charge in [-0.2, -0.15) is 0 Å². The SMILES string of the molecule is O=C1/C(=C/c2ccc(-c3ccccc3[N+](=O)[O-])o2)CSc2c(F)cccc21. The van der Waals surface area contributed by atoms with Crippen LogP contribution in [0.5, 0.6) is 0 Å². The van der Waals surface area contributed by atoms with E-state index in [1.54, 1.807) is 42.5 Å². The Balaban J connectivity index is 1.68. The highest BCUT2D eigenvalue weighted by Gasteiger charge is 2.25. The van der Waals surface area contributed by atoms with Gasteiger partial charge in [-0.05, 0) is 36.4 Å². The maximum Gasteiger partial charge on any atom is 0.280 e. The van der Waals surface area contributed by atoms with Crippen LogP contribution in [0.3, 0.4) is 0 Å². The summed E-state index contributed by atoms with van der Waals surface area (Å²) in [5.74, 6) is 0.436. The molecule has 0 N–H and O–H groups in total. The Hall–Kier alpha value is -3.19. The van der Waals surface area contributed by atoms with Crippen LogP contribution in [-0.2, 0) is 0 Å². The molecular formula is C20H12FNO4S. The summed E-state index contributed by atoms with van der Waals surface area (Å²) in [6.07, 6.45) is 1.60. The monoisotopic (exact) mass is 381 g/mol. The van der Waals surface area contributed by atoms with E-state index >= 15 is 0 Å². The number of hydrogen-bond donors (Lipinski definition) is 0. The molecule has 0 saturated carbocycles. The fourth-order valence-electron chi connectivity index (χ4n) is 2.92. The number of halogens is 1. The molecule has 0 saturated heterocycles. The van der Waals surface area contributed by atoms with Crippen molar-refractivity contribution in [2.75, 3.05) is 5.75 Å². The second kappa shape index (κ2) is 6.85. The first-order valence-electron chi connectivity index (χ1n) is 8.05. The second-order valence-corrected chi connectivity index (χ2v) is 6.87. The number of carbonyl (C=O) groups excluding carboxylic acids is 1. The minimum atomic E-state index is -0.469. The van der Waals surface area contributed by atoms with E-state index in [0.29, 0.717) is 38.9 Å². The fourth-order valence-corrected chi connectivity index (χ4v) is 3.95. The van der Waals surface area contributed by atoms with Crippen LogP contribution in [0.1, 0.15) is 16.1 Å². The van der Waals surface area contributed by atoms with E-state index in [1.165, 1.54) is 30.0 Å². The van der Waals surface area contributed by atoms with Crippen LogP contribution in [0.2, 0.25) is 0 Å². The van der Waals surface area contributed by atoms with E-state index in [1.807, 2.05) is 0 Å². The van der Waals surface area contributed by atoms with Crippen LogP contribution in [0.15, 0.2) is 69.5 Å². The van der Waals surface area contributed by atoms with Gasteiger partial charge < -0.3 is 4.42 Å².